The molecule has 1 aliphatic rings. The van der Waals surface area contributed by atoms with Crippen molar-refractivity contribution in [2.24, 2.45) is 0 Å². The van der Waals surface area contributed by atoms with Gasteiger partial charge in [-0.1, -0.05) is 0 Å². The van der Waals surface area contributed by atoms with Gasteiger partial charge in [-0.15, -0.1) is 0 Å². The molecule has 1 aromatic heterocycles. The first-order valence-electron chi connectivity index (χ1n) is 5.32. The quantitative estimate of drug-likeness (QED) is 0.848. The Morgan fingerprint density at radius 3 is 2.75 bits per heavy atom. The Labute approximate surface area is 91.6 Å². The van der Waals surface area contributed by atoms with Gasteiger partial charge in [-0.2, -0.15) is 18.3 Å². The fraction of sp³-hybridized carbons (Fsp3) is 0.700. The van der Waals surface area contributed by atoms with Gasteiger partial charge >= 0.3 is 6.18 Å². The smallest absolute Gasteiger partial charge is 0.315 e. The monoisotopic (exact) mass is 233 g/mol. The molecule has 90 valence electrons. The lowest BCUT2D eigenvalue weighted by Crippen LogP contribution is -2.31. The zero-order valence-electron chi connectivity index (χ0n) is 8.96. The van der Waals surface area contributed by atoms with Gasteiger partial charge in [-0.3, -0.25) is 4.68 Å². The molecule has 1 aromatic rings. The van der Waals surface area contributed by atoms with Crippen LogP contribution < -0.4 is 5.32 Å². The average Bonchev–Trinajstić information content (AvgIpc) is 2.84. The zero-order valence-corrected chi connectivity index (χ0v) is 8.96. The lowest BCUT2D eigenvalue weighted by molar-refractivity contribution is -0.141. The first-order chi connectivity index (χ1) is 7.52. The Balaban J connectivity index is 2.18. The summed E-state index contributed by atoms with van der Waals surface area (Å²) in [4.78, 5) is 0. The molecule has 16 heavy (non-hydrogen) atoms. The SMILES string of the molecule is CNC1CCCC1n1ccc(C(F)(F)F)n1. The van der Waals surface area contributed by atoms with Crippen LogP contribution in [-0.2, 0) is 6.18 Å². The Hall–Kier alpha value is -1.04. The van der Waals surface area contributed by atoms with Crippen molar-refractivity contribution in [1.82, 2.24) is 15.1 Å². The van der Waals surface area contributed by atoms with Gasteiger partial charge in [0.25, 0.3) is 0 Å². The van der Waals surface area contributed by atoms with Gasteiger partial charge in [0.1, 0.15) is 0 Å². The fourth-order valence-electron chi connectivity index (χ4n) is 2.27. The molecular formula is C10H14F3N3. The van der Waals surface area contributed by atoms with E-state index < -0.39 is 11.9 Å². The number of nitrogens with one attached hydrogen (secondary N) is 1. The topological polar surface area (TPSA) is 29.9 Å². The van der Waals surface area contributed by atoms with E-state index in [0.717, 1.165) is 25.3 Å². The van der Waals surface area contributed by atoms with Crippen LogP contribution in [0.3, 0.4) is 0 Å². The lowest BCUT2D eigenvalue weighted by Gasteiger charge is -2.19. The normalized spacial score (nSPS) is 26.2. The minimum Gasteiger partial charge on any atom is -0.315 e. The van der Waals surface area contributed by atoms with Gasteiger partial charge in [-0.05, 0) is 32.4 Å². The third-order valence-electron chi connectivity index (χ3n) is 3.09. The maximum Gasteiger partial charge on any atom is 0.435 e. The Morgan fingerprint density at radius 1 is 1.44 bits per heavy atom. The largest absolute Gasteiger partial charge is 0.435 e. The van der Waals surface area contributed by atoms with Crippen molar-refractivity contribution in [2.45, 2.75) is 37.5 Å². The molecule has 3 nitrogen and oxygen atoms in total. The molecule has 1 aliphatic carbocycles. The van der Waals surface area contributed by atoms with Crippen molar-refractivity contribution in [2.75, 3.05) is 7.05 Å². The number of nitrogens with zero attached hydrogens (tertiary/aromatic N) is 2. The van der Waals surface area contributed by atoms with Crippen molar-refractivity contribution in [1.29, 1.82) is 0 Å². The summed E-state index contributed by atoms with van der Waals surface area (Å²) >= 11 is 0. The molecule has 1 heterocycles. The molecule has 2 unspecified atom stereocenters. The zero-order chi connectivity index (χ0) is 11.8. The molecule has 0 saturated heterocycles. The summed E-state index contributed by atoms with van der Waals surface area (Å²) in [5.74, 6) is 0. The van der Waals surface area contributed by atoms with E-state index in [0.29, 0.717) is 0 Å². The van der Waals surface area contributed by atoms with E-state index in [-0.39, 0.29) is 12.1 Å². The first-order valence-corrected chi connectivity index (χ1v) is 5.32. The standard InChI is InChI=1S/C10H14F3N3/c1-14-7-3-2-4-8(7)16-6-5-9(15-16)10(11,12)13/h5-8,14H,2-4H2,1H3. The van der Waals surface area contributed by atoms with Crippen LogP contribution >= 0.6 is 0 Å². The third-order valence-corrected chi connectivity index (χ3v) is 3.09. The van der Waals surface area contributed by atoms with E-state index in [9.17, 15) is 13.2 Å². The summed E-state index contributed by atoms with van der Waals surface area (Å²) in [7, 11) is 1.83. The molecule has 1 saturated carbocycles. The highest BCUT2D eigenvalue weighted by molar-refractivity contribution is 5.05. The number of rotatable bonds is 2. The van der Waals surface area contributed by atoms with Gasteiger partial charge in [0.15, 0.2) is 5.69 Å². The number of hydrogen-bond acceptors (Lipinski definition) is 2. The second-order valence-electron chi connectivity index (χ2n) is 4.07. The number of likely N-dealkylation sites (N-methyl/N-ethyl adjacent to an activating group) is 1. The molecule has 1 fully saturated rings. The summed E-state index contributed by atoms with van der Waals surface area (Å²) in [6.07, 6.45) is -0.0353. The minimum absolute atomic E-state index is 0.0427. The molecule has 0 amide bonds. The van der Waals surface area contributed by atoms with E-state index in [1.54, 1.807) is 0 Å². The van der Waals surface area contributed by atoms with Crippen molar-refractivity contribution < 1.29 is 13.2 Å². The van der Waals surface area contributed by atoms with E-state index in [1.165, 1.54) is 10.9 Å². The van der Waals surface area contributed by atoms with Crippen molar-refractivity contribution >= 4 is 0 Å². The molecule has 0 aromatic carbocycles. The summed E-state index contributed by atoms with van der Waals surface area (Å²) in [5.41, 5.74) is -0.811. The summed E-state index contributed by atoms with van der Waals surface area (Å²) < 4.78 is 38.6. The highest BCUT2D eigenvalue weighted by Gasteiger charge is 2.35. The van der Waals surface area contributed by atoms with Crippen LogP contribution in [-0.4, -0.2) is 22.9 Å². The Bertz CT molecular complexity index is 358. The van der Waals surface area contributed by atoms with Gasteiger partial charge < -0.3 is 5.32 Å². The van der Waals surface area contributed by atoms with Gasteiger partial charge in [0, 0.05) is 12.2 Å². The average molecular weight is 233 g/mol. The number of halogens is 3. The predicted molar refractivity (Wildman–Crippen MR) is 53.0 cm³/mol. The Morgan fingerprint density at radius 2 is 2.19 bits per heavy atom. The van der Waals surface area contributed by atoms with Crippen molar-refractivity contribution in [3.8, 4) is 0 Å². The molecule has 1 N–H and O–H groups in total. The van der Waals surface area contributed by atoms with Gasteiger partial charge in [0.05, 0.1) is 6.04 Å². The van der Waals surface area contributed by atoms with Crippen LogP contribution in [0.5, 0.6) is 0 Å². The van der Waals surface area contributed by atoms with Crippen molar-refractivity contribution in [3.05, 3.63) is 18.0 Å². The molecule has 0 bridgehead atoms. The van der Waals surface area contributed by atoms with Crippen LogP contribution in [0.15, 0.2) is 12.3 Å². The van der Waals surface area contributed by atoms with Gasteiger partial charge in [-0.25, -0.2) is 0 Å². The summed E-state index contributed by atoms with van der Waals surface area (Å²) in [5, 5.41) is 6.73. The second-order valence-corrected chi connectivity index (χ2v) is 4.07. The van der Waals surface area contributed by atoms with Crippen LogP contribution in [0.25, 0.3) is 0 Å². The molecule has 2 atom stereocenters. The van der Waals surface area contributed by atoms with E-state index in [1.807, 2.05) is 7.05 Å². The predicted octanol–water partition coefficient (Wildman–Crippen LogP) is 2.21. The van der Waals surface area contributed by atoms with E-state index in [2.05, 4.69) is 10.4 Å². The highest BCUT2D eigenvalue weighted by Crippen LogP contribution is 2.32. The maximum atomic E-state index is 12.4. The summed E-state index contributed by atoms with van der Waals surface area (Å²) in [6.45, 7) is 0. The molecule has 6 heteroatoms. The van der Waals surface area contributed by atoms with Gasteiger partial charge in [0.2, 0.25) is 0 Å². The molecule has 0 spiro atoms. The van der Waals surface area contributed by atoms with Crippen LogP contribution in [0.4, 0.5) is 13.2 Å². The van der Waals surface area contributed by atoms with Crippen LogP contribution in [0.2, 0.25) is 0 Å². The molecular weight excluding hydrogens is 219 g/mol. The number of aromatic nitrogens is 2. The fourth-order valence-corrected chi connectivity index (χ4v) is 2.27. The number of hydrogen-bond donors (Lipinski definition) is 1. The van der Waals surface area contributed by atoms with Crippen LogP contribution in [0, 0.1) is 0 Å². The third kappa shape index (κ3) is 2.07. The van der Waals surface area contributed by atoms with E-state index >= 15 is 0 Å². The van der Waals surface area contributed by atoms with E-state index in [4.69, 9.17) is 0 Å². The van der Waals surface area contributed by atoms with Crippen molar-refractivity contribution in [3.63, 3.8) is 0 Å². The molecule has 0 radical (unpaired) electrons. The number of alkyl halides is 3. The van der Waals surface area contributed by atoms with Crippen LogP contribution in [0.1, 0.15) is 31.0 Å². The Kier molecular flexibility index (Phi) is 2.92. The minimum atomic E-state index is -4.35. The lowest BCUT2D eigenvalue weighted by atomic mass is 10.2. The maximum absolute atomic E-state index is 12.4. The second kappa shape index (κ2) is 4.08. The molecule has 2 rings (SSSR count). The molecule has 0 aliphatic heterocycles. The summed E-state index contributed by atoms with van der Waals surface area (Å²) in [6, 6.07) is 1.30. The highest BCUT2D eigenvalue weighted by atomic mass is 19.4. The first kappa shape index (κ1) is 11.4.